The van der Waals surface area contributed by atoms with Gasteiger partial charge in [-0.2, -0.15) is 39.5 Å². The summed E-state index contributed by atoms with van der Waals surface area (Å²) in [7, 11) is 1.29. The smallest absolute Gasteiger partial charge is 0.319 e. The molecule has 0 aliphatic carbocycles. The molecule has 0 fully saturated rings. The average molecular weight is 646 g/mol. The maximum atomic E-state index is 14.5. The molecule has 2 aromatic carbocycles. The first kappa shape index (κ1) is 30.8. The van der Waals surface area contributed by atoms with Gasteiger partial charge in [-0.05, 0) is 52.3 Å². The van der Waals surface area contributed by atoms with Gasteiger partial charge in [0.15, 0.2) is 0 Å². The molecule has 0 radical (unpaired) electrons. The van der Waals surface area contributed by atoms with E-state index in [0.29, 0.717) is 0 Å². The zero-order valence-electron chi connectivity index (χ0n) is 19.6. The molecule has 0 spiro atoms. The second-order valence-electron chi connectivity index (χ2n) is 8.10. The minimum atomic E-state index is -6.67. The summed E-state index contributed by atoms with van der Waals surface area (Å²) < 4.78 is 133. The lowest BCUT2D eigenvalue weighted by molar-refractivity contribution is -0.348. The summed E-state index contributed by atoms with van der Waals surface area (Å²) in [5, 5.41) is 1.73. The van der Waals surface area contributed by atoms with Gasteiger partial charge in [-0.15, -0.1) is 0 Å². The third kappa shape index (κ3) is 5.90. The number of pyridine rings is 1. The lowest BCUT2D eigenvalue weighted by Gasteiger charge is -2.31. The van der Waals surface area contributed by atoms with Crippen molar-refractivity contribution in [1.82, 2.24) is 4.98 Å². The number of anilines is 2. The van der Waals surface area contributed by atoms with Crippen molar-refractivity contribution in [3.63, 3.8) is 0 Å². The number of benzene rings is 2. The highest BCUT2D eigenvalue weighted by molar-refractivity contribution is 9.10. The number of nitrogens with zero attached hydrogens (tertiary/aromatic N) is 2. The van der Waals surface area contributed by atoms with Crippen molar-refractivity contribution >= 4 is 39.2 Å². The molecule has 1 N–H and O–H groups in total. The standard InChI is InChI=1S/C24H14BrF10N3O2/c1-38(20(40)12-6-3-2-4-7-12)17-9-5-8-16(36-17)19(39)37-18-14(22(27,28)29)10-13(11-15(18)25)21(26,23(30,31)32)24(33,34)35/h2-11H,1H3,(H,37,39). The lowest BCUT2D eigenvalue weighted by Crippen LogP contribution is -2.50. The van der Waals surface area contributed by atoms with Crippen LogP contribution in [0.15, 0.2) is 65.1 Å². The summed E-state index contributed by atoms with van der Waals surface area (Å²) in [5.41, 5.74) is -12.4. The van der Waals surface area contributed by atoms with Gasteiger partial charge in [0, 0.05) is 22.6 Å². The fourth-order valence-corrected chi connectivity index (χ4v) is 4.00. The number of carbonyl (C=O) groups excluding carboxylic acids is 2. The van der Waals surface area contributed by atoms with Crippen LogP contribution in [0.3, 0.4) is 0 Å². The molecule has 0 saturated carbocycles. The third-order valence-corrected chi connectivity index (χ3v) is 6.07. The predicted molar refractivity (Wildman–Crippen MR) is 125 cm³/mol. The molecule has 40 heavy (non-hydrogen) atoms. The van der Waals surface area contributed by atoms with Crippen LogP contribution in [0, 0.1) is 0 Å². The summed E-state index contributed by atoms with van der Waals surface area (Å²) in [6.45, 7) is 0. The molecule has 0 saturated heterocycles. The van der Waals surface area contributed by atoms with Crippen LogP contribution < -0.4 is 10.2 Å². The molecule has 0 unspecified atom stereocenters. The zero-order chi connectivity index (χ0) is 30.3. The van der Waals surface area contributed by atoms with Crippen molar-refractivity contribution in [3.05, 3.63) is 87.5 Å². The molecule has 5 nitrogen and oxygen atoms in total. The van der Waals surface area contributed by atoms with E-state index in [4.69, 9.17) is 0 Å². The average Bonchev–Trinajstić information content (AvgIpc) is 2.86. The van der Waals surface area contributed by atoms with Gasteiger partial charge < -0.3 is 5.32 Å². The third-order valence-electron chi connectivity index (χ3n) is 5.45. The molecule has 0 atom stereocenters. The molecule has 16 heteroatoms. The topological polar surface area (TPSA) is 62.3 Å². The Bertz CT molecular complexity index is 1410. The first-order valence-electron chi connectivity index (χ1n) is 10.6. The fourth-order valence-electron chi connectivity index (χ4n) is 3.44. The molecule has 3 rings (SSSR count). The van der Waals surface area contributed by atoms with E-state index in [9.17, 15) is 53.5 Å². The number of rotatable bonds is 5. The fraction of sp³-hybridized carbons (Fsp3) is 0.208. The molecule has 2 amide bonds. The van der Waals surface area contributed by atoms with Gasteiger partial charge in [0.2, 0.25) is 0 Å². The summed E-state index contributed by atoms with van der Waals surface area (Å²) >= 11 is 2.41. The Morgan fingerprint density at radius 2 is 1.40 bits per heavy atom. The van der Waals surface area contributed by atoms with E-state index < -0.39 is 69.1 Å². The van der Waals surface area contributed by atoms with Crippen molar-refractivity contribution in [3.8, 4) is 0 Å². The molecule has 0 aliphatic rings. The maximum absolute atomic E-state index is 14.5. The minimum Gasteiger partial charge on any atom is -0.319 e. The molecule has 1 aromatic heterocycles. The van der Waals surface area contributed by atoms with Crippen LogP contribution >= 0.6 is 15.9 Å². The van der Waals surface area contributed by atoms with E-state index in [1.54, 1.807) is 23.5 Å². The number of halogens is 11. The Kier molecular flexibility index (Phi) is 8.26. The van der Waals surface area contributed by atoms with Crippen LogP contribution in [0.4, 0.5) is 55.4 Å². The Hall–Kier alpha value is -3.69. The van der Waals surface area contributed by atoms with E-state index in [0.717, 1.165) is 11.0 Å². The number of carbonyl (C=O) groups is 2. The summed E-state index contributed by atoms with van der Waals surface area (Å²) in [4.78, 5) is 30.3. The van der Waals surface area contributed by atoms with Gasteiger partial charge in [-0.3, -0.25) is 14.5 Å². The van der Waals surface area contributed by atoms with E-state index in [1.165, 1.54) is 31.3 Å². The predicted octanol–water partition coefficient (Wildman–Crippen LogP) is 7.68. The highest BCUT2D eigenvalue weighted by Gasteiger charge is 2.73. The Balaban J connectivity index is 2.03. The Morgan fingerprint density at radius 3 is 1.93 bits per heavy atom. The van der Waals surface area contributed by atoms with Crippen molar-refractivity contribution in [2.24, 2.45) is 0 Å². The number of hydrogen-bond donors (Lipinski definition) is 1. The van der Waals surface area contributed by atoms with E-state index in [2.05, 4.69) is 20.9 Å². The Labute approximate surface area is 226 Å². The number of hydrogen-bond acceptors (Lipinski definition) is 3. The first-order valence-corrected chi connectivity index (χ1v) is 11.4. The number of amides is 2. The first-order chi connectivity index (χ1) is 18.3. The number of nitrogens with one attached hydrogen (secondary N) is 1. The highest BCUT2D eigenvalue weighted by atomic mass is 79.9. The molecular formula is C24H14BrF10N3O2. The second kappa shape index (κ2) is 10.7. The highest BCUT2D eigenvalue weighted by Crippen LogP contribution is 2.55. The molecule has 1 heterocycles. The van der Waals surface area contributed by atoms with E-state index >= 15 is 0 Å². The van der Waals surface area contributed by atoms with Gasteiger partial charge in [0.1, 0.15) is 11.5 Å². The SMILES string of the molecule is CN(C(=O)c1ccccc1)c1cccc(C(=O)Nc2c(Br)cc(C(F)(C(F)(F)F)C(F)(F)F)cc2C(F)(F)F)n1. The van der Waals surface area contributed by atoms with Gasteiger partial charge >= 0.3 is 24.2 Å². The zero-order valence-corrected chi connectivity index (χ0v) is 21.2. The summed E-state index contributed by atoms with van der Waals surface area (Å²) in [5.74, 6) is -2.06. The number of alkyl halides is 10. The van der Waals surface area contributed by atoms with Crippen LogP contribution in [-0.2, 0) is 11.8 Å². The summed E-state index contributed by atoms with van der Waals surface area (Å²) in [6.07, 6.45) is -19.0. The van der Waals surface area contributed by atoms with E-state index in [1.807, 2.05) is 0 Å². The van der Waals surface area contributed by atoms with Gasteiger partial charge in [-0.25, -0.2) is 9.37 Å². The van der Waals surface area contributed by atoms with Crippen molar-refractivity contribution in [2.75, 3.05) is 17.3 Å². The second-order valence-corrected chi connectivity index (χ2v) is 8.95. The molecule has 3 aromatic rings. The van der Waals surface area contributed by atoms with Crippen LogP contribution in [0.1, 0.15) is 32.0 Å². The van der Waals surface area contributed by atoms with Gasteiger partial charge in [0.25, 0.3) is 11.8 Å². The summed E-state index contributed by atoms with van der Waals surface area (Å²) in [6, 6.07) is 10.5. The lowest BCUT2D eigenvalue weighted by atomic mass is 9.92. The molecule has 214 valence electrons. The maximum Gasteiger partial charge on any atom is 0.435 e. The molecular weight excluding hydrogens is 632 g/mol. The van der Waals surface area contributed by atoms with Gasteiger partial charge in [0.05, 0.1) is 11.3 Å². The minimum absolute atomic E-state index is 0.121. The van der Waals surface area contributed by atoms with Crippen LogP contribution in [-0.4, -0.2) is 36.2 Å². The quantitative estimate of drug-likeness (QED) is 0.290. The molecule has 0 bridgehead atoms. The molecule has 0 aliphatic heterocycles. The van der Waals surface area contributed by atoms with Crippen molar-refractivity contribution in [2.45, 2.75) is 24.2 Å². The van der Waals surface area contributed by atoms with Crippen LogP contribution in [0.5, 0.6) is 0 Å². The van der Waals surface area contributed by atoms with Gasteiger partial charge in [-0.1, -0.05) is 24.3 Å². The monoisotopic (exact) mass is 645 g/mol. The Morgan fingerprint density at radius 1 is 0.825 bits per heavy atom. The van der Waals surface area contributed by atoms with Crippen molar-refractivity contribution in [1.29, 1.82) is 0 Å². The normalized spacial score (nSPS) is 12.7. The van der Waals surface area contributed by atoms with Crippen LogP contribution in [0.25, 0.3) is 0 Å². The number of aromatic nitrogens is 1. The van der Waals surface area contributed by atoms with Crippen LogP contribution in [0.2, 0.25) is 0 Å². The van der Waals surface area contributed by atoms with E-state index in [-0.39, 0.29) is 17.4 Å². The largest absolute Gasteiger partial charge is 0.435 e. The van der Waals surface area contributed by atoms with Crippen molar-refractivity contribution < 1.29 is 53.5 Å².